The number of hydrogen-bond acceptors (Lipinski definition) is 6. The van der Waals surface area contributed by atoms with Gasteiger partial charge in [0.25, 0.3) is 0 Å². The fourth-order valence-electron chi connectivity index (χ4n) is 3.73. The van der Waals surface area contributed by atoms with Gasteiger partial charge in [0, 0.05) is 57.1 Å². The number of carbonyl (C=O) groups is 1. The SMILES string of the molecule is Cc1cc(N2CCCCC2)nc(N2CCN(C(=O)/C=C/c3ccco3)CC2)n1. The highest BCUT2D eigenvalue weighted by atomic mass is 16.3. The van der Waals surface area contributed by atoms with Gasteiger partial charge in [0.05, 0.1) is 6.26 Å². The van der Waals surface area contributed by atoms with Crippen LogP contribution in [-0.2, 0) is 4.79 Å². The fourth-order valence-corrected chi connectivity index (χ4v) is 3.73. The lowest BCUT2D eigenvalue weighted by Crippen LogP contribution is -2.49. The Kier molecular flexibility index (Phi) is 5.60. The zero-order valence-electron chi connectivity index (χ0n) is 16.4. The van der Waals surface area contributed by atoms with Crippen molar-refractivity contribution >= 4 is 23.7 Å². The Morgan fingerprint density at radius 2 is 1.82 bits per heavy atom. The Morgan fingerprint density at radius 1 is 1.04 bits per heavy atom. The Labute approximate surface area is 165 Å². The largest absolute Gasteiger partial charge is 0.465 e. The van der Waals surface area contributed by atoms with Crippen molar-refractivity contribution in [3.8, 4) is 0 Å². The maximum atomic E-state index is 12.4. The highest BCUT2D eigenvalue weighted by Crippen LogP contribution is 2.22. The minimum absolute atomic E-state index is 0.00946. The van der Waals surface area contributed by atoms with Gasteiger partial charge in [-0.2, -0.15) is 4.98 Å². The predicted octanol–water partition coefficient (Wildman–Crippen LogP) is 2.73. The Morgan fingerprint density at radius 3 is 2.54 bits per heavy atom. The lowest BCUT2D eigenvalue weighted by atomic mass is 10.1. The van der Waals surface area contributed by atoms with Crippen molar-refractivity contribution < 1.29 is 9.21 Å². The van der Waals surface area contributed by atoms with E-state index in [1.807, 2.05) is 24.0 Å². The standard InChI is InChI=1S/C21H27N5O2/c1-17-16-19(24-9-3-2-4-10-24)23-21(22-17)26-13-11-25(12-14-26)20(27)8-7-18-6-5-15-28-18/h5-8,15-16H,2-4,9-14H2,1H3/b8-7+. The first kappa shape index (κ1) is 18.5. The molecule has 2 aliphatic heterocycles. The summed E-state index contributed by atoms with van der Waals surface area (Å²) in [6.45, 7) is 6.97. The molecule has 0 unspecified atom stereocenters. The number of hydrogen-bond donors (Lipinski definition) is 0. The smallest absolute Gasteiger partial charge is 0.246 e. The third kappa shape index (κ3) is 4.35. The Bertz CT molecular complexity index is 819. The van der Waals surface area contributed by atoms with Crippen LogP contribution in [0.25, 0.3) is 6.08 Å². The van der Waals surface area contributed by atoms with Gasteiger partial charge in [-0.3, -0.25) is 4.79 Å². The predicted molar refractivity (Wildman–Crippen MR) is 109 cm³/mol. The van der Waals surface area contributed by atoms with Gasteiger partial charge in [-0.1, -0.05) is 0 Å². The molecule has 0 atom stereocenters. The number of amides is 1. The van der Waals surface area contributed by atoms with Crippen LogP contribution in [-0.4, -0.2) is 60.0 Å². The van der Waals surface area contributed by atoms with Crippen LogP contribution < -0.4 is 9.80 Å². The zero-order valence-corrected chi connectivity index (χ0v) is 16.4. The van der Waals surface area contributed by atoms with Crippen molar-refractivity contribution in [3.05, 3.63) is 42.0 Å². The number of piperazine rings is 1. The van der Waals surface area contributed by atoms with Crippen LogP contribution in [0.3, 0.4) is 0 Å². The summed E-state index contributed by atoms with van der Waals surface area (Å²) < 4.78 is 5.23. The van der Waals surface area contributed by atoms with Crippen molar-refractivity contribution in [3.63, 3.8) is 0 Å². The number of piperidine rings is 1. The molecule has 0 aromatic carbocycles. The molecule has 0 bridgehead atoms. The Hall–Kier alpha value is -2.83. The second-order valence-electron chi connectivity index (χ2n) is 7.38. The molecule has 28 heavy (non-hydrogen) atoms. The van der Waals surface area contributed by atoms with Crippen LogP contribution >= 0.6 is 0 Å². The molecule has 0 aliphatic carbocycles. The second kappa shape index (κ2) is 8.46. The van der Waals surface area contributed by atoms with Gasteiger partial charge in [-0.25, -0.2) is 4.98 Å². The van der Waals surface area contributed by atoms with E-state index in [0.717, 1.165) is 43.6 Å². The van der Waals surface area contributed by atoms with Crippen molar-refractivity contribution in [2.24, 2.45) is 0 Å². The van der Waals surface area contributed by atoms with Crippen LogP contribution in [0.2, 0.25) is 0 Å². The molecule has 0 saturated carbocycles. The lowest BCUT2D eigenvalue weighted by molar-refractivity contribution is -0.126. The normalized spacial score (nSPS) is 18.1. The van der Waals surface area contributed by atoms with E-state index in [2.05, 4.69) is 20.9 Å². The highest BCUT2D eigenvalue weighted by molar-refractivity contribution is 5.91. The van der Waals surface area contributed by atoms with Gasteiger partial charge in [-0.05, 0) is 44.4 Å². The average molecular weight is 381 g/mol. The number of aromatic nitrogens is 2. The van der Waals surface area contributed by atoms with Crippen LogP contribution in [0.4, 0.5) is 11.8 Å². The van der Waals surface area contributed by atoms with E-state index in [-0.39, 0.29) is 5.91 Å². The van der Waals surface area contributed by atoms with Gasteiger partial charge in [0.1, 0.15) is 11.6 Å². The van der Waals surface area contributed by atoms with E-state index in [9.17, 15) is 4.79 Å². The van der Waals surface area contributed by atoms with E-state index >= 15 is 0 Å². The van der Waals surface area contributed by atoms with E-state index < -0.39 is 0 Å². The van der Waals surface area contributed by atoms with Crippen LogP contribution in [0.15, 0.2) is 35.0 Å². The molecule has 0 N–H and O–H groups in total. The number of nitrogens with zero attached hydrogens (tertiary/aromatic N) is 5. The van der Waals surface area contributed by atoms with Crippen molar-refractivity contribution in [1.82, 2.24) is 14.9 Å². The summed E-state index contributed by atoms with van der Waals surface area (Å²) in [4.78, 5) is 28.3. The van der Waals surface area contributed by atoms with Gasteiger partial charge in [0.2, 0.25) is 11.9 Å². The van der Waals surface area contributed by atoms with Crippen molar-refractivity contribution in [2.45, 2.75) is 26.2 Å². The number of rotatable bonds is 4. The van der Waals surface area contributed by atoms with Gasteiger partial charge in [-0.15, -0.1) is 0 Å². The Balaban J connectivity index is 1.38. The number of aryl methyl sites for hydroxylation is 1. The minimum atomic E-state index is 0.00946. The summed E-state index contributed by atoms with van der Waals surface area (Å²) in [7, 11) is 0. The van der Waals surface area contributed by atoms with Crippen LogP contribution in [0, 0.1) is 6.92 Å². The molecule has 7 heteroatoms. The molecule has 2 aromatic rings. The maximum absolute atomic E-state index is 12.4. The zero-order chi connectivity index (χ0) is 19.3. The molecule has 4 heterocycles. The molecule has 7 nitrogen and oxygen atoms in total. The van der Waals surface area contributed by atoms with Crippen molar-refractivity contribution in [2.75, 3.05) is 49.1 Å². The maximum Gasteiger partial charge on any atom is 0.246 e. The quantitative estimate of drug-likeness (QED) is 0.759. The molecule has 2 aliphatic rings. The molecule has 2 fully saturated rings. The molecule has 1 amide bonds. The number of furan rings is 1. The van der Waals surface area contributed by atoms with Crippen molar-refractivity contribution in [1.29, 1.82) is 0 Å². The van der Waals surface area contributed by atoms with E-state index in [4.69, 9.17) is 9.40 Å². The molecular weight excluding hydrogens is 354 g/mol. The third-order valence-electron chi connectivity index (χ3n) is 5.32. The summed E-state index contributed by atoms with van der Waals surface area (Å²) in [6, 6.07) is 5.72. The van der Waals surface area contributed by atoms with Crippen LogP contribution in [0.5, 0.6) is 0 Å². The summed E-state index contributed by atoms with van der Waals surface area (Å²) in [5.41, 5.74) is 0.991. The highest BCUT2D eigenvalue weighted by Gasteiger charge is 2.23. The van der Waals surface area contributed by atoms with Gasteiger partial charge >= 0.3 is 0 Å². The molecular formula is C21H27N5O2. The first-order chi connectivity index (χ1) is 13.7. The molecule has 4 rings (SSSR count). The molecule has 0 spiro atoms. The molecule has 2 aromatic heterocycles. The van der Waals surface area contributed by atoms with Gasteiger partial charge in [0.15, 0.2) is 0 Å². The van der Waals surface area contributed by atoms with Gasteiger partial charge < -0.3 is 19.1 Å². The molecule has 148 valence electrons. The minimum Gasteiger partial charge on any atom is -0.465 e. The molecule has 0 radical (unpaired) electrons. The lowest BCUT2D eigenvalue weighted by Gasteiger charge is -2.35. The summed E-state index contributed by atoms with van der Waals surface area (Å²) >= 11 is 0. The second-order valence-corrected chi connectivity index (χ2v) is 7.38. The number of carbonyl (C=O) groups excluding carboxylic acids is 1. The van der Waals surface area contributed by atoms with E-state index in [1.165, 1.54) is 19.3 Å². The average Bonchev–Trinajstić information content (AvgIpc) is 3.26. The topological polar surface area (TPSA) is 65.7 Å². The molecule has 2 saturated heterocycles. The summed E-state index contributed by atoms with van der Waals surface area (Å²) in [5.74, 6) is 2.50. The van der Waals surface area contributed by atoms with Crippen LogP contribution in [0.1, 0.15) is 30.7 Å². The monoisotopic (exact) mass is 381 g/mol. The number of anilines is 2. The fraction of sp³-hybridized carbons (Fsp3) is 0.476. The van der Waals surface area contributed by atoms with E-state index in [1.54, 1.807) is 18.4 Å². The third-order valence-corrected chi connectivity index (χ3v) is 5.32. The summed E-state index contributed by atoms with van der Waals surface area (Å²) in [6.07, 6.45) is 8.64. The first-order valence-electron chi connectivity index (χ1n) is 10.0. The first-order valence-corrected chi connectivity index (χ1v) is 10.0. The van der Waals surface area contributed by atoms with E-state index in [0.29, 0.717) is 18.8 Å². The summed E-state index contributed by atoms with van der Waals surface area (Å²) in [5, 5.41) is 0.